The molecule has 0 saturated carbocycles. The predicted molar refractivity (Wildman–Crippen MR) is 240 cm³/mol. The van der Waals surface area contributed by atoms with Crippen LogP contribution < -0.4 is 26.6 Å². The van der Waals surface area contributed by atoms with Gasteiger partial charge in [0.2, 0.25) is 17.8 Å². The zero-order valence-corrected chi connectivity index (χ0v) is 37.7. The Labute approximate surface area is 377 Å². The first-order valence-electron chi connectivity index (χ1n) is 18.5. The van der Waals surface area contributed by atoms with E-state index in [1.54, 1.807) is 67.4 Å². The number of ether oxygens (including phenoxy) is 4. The molecule has 2 aromatic heterocycles. The molecule has 0 fully saturated rings. The van der Waals surface area contributed by atoms with Crippen LogP contribution in [0.5, 0.6) is 0 Å². The summed E-state index contributed by atoms with van der Waals surface area (Å²) < 4.78 is 25.0. The Morgan fingerprint density at radius 2 is 1.20 bits per heavy atom. The minimum absolute atomic E-state index is 0.00364. The Balaban J connectivity index is 0.000000505. The van der Waals surface area contributed by atoms with Crippen LogP contribution in [0.25, 0.3) is 22.5 Å². The molecule has 2 heterocycles. The van der Waals surface area contributed by atoms with Crippen molar-refractivity contribution in [3.63, 3.8) is 0 Å². The molecule has 0 unspecified atom stereocenters. The molecular weight excluding hydrogens is 881 g/mol. The van der Waals surface area contributed by atoms with E-state index >= 15 is 0 Å². The molecule has 0 aliphatic carbocycles. The van der Waals surface area contributed by atoms with Gasteiger partial charge in [0.05, 0.1) is 46.5 Å². The second kappa shape index (κ2) is 30.6. The molecule has 335 valence electrons. The van der Waals surface area contributed by atoms with E-state index in [1.165, 1.54) is 7.11 Å². The maximum atomic E-state index is 12.0. The Kier molecular flexibility index (Phi) is 26.4. The number of amides is 1. The Bertz CT molecular complexity index is 1960. The fourth-order valence-electron chi connectivity index (χ4n) is 4.36. The zero-order chi connectivity index (χ0) is 46.6. The Morgan fingerprint density at radius 1 is 0.754 bits per heavy atom. The number of rotatable bonds is 20. The van der Waals surface area contributed by atoms with Gasteiger partial charge in [0.1, 0.15) is 24.6 Å². The van der Waals surface area contributed by atoms with Gasteiger partial charge < -0.3 is 60.6 Å². The van der Waals surface area contributed by atoms with Crippen LogP contribution in [0.3, 0.4) is 0 Å². The van der Waals surface area contributed by atoms with Crippen LogP contribution in [0.2, 0.25) is 20.1 Å². The van der Waals surface area contributed by atoms with E-state index in [9.17, 15) is 9.59 Å². The second-order valence-corrected chi connectivity index (χ2v) is 13.7. The number of carboxylic acid groups (broad SMARTS) is 1. The van der Waals surface area contributed by atoms with E-state index in [-0.39, 0.29) is 38.8 Å². The van der Waals surface area contributed by atoms with Crippen LogP contribution in [0, 0.1) is 0 Å². The van der Waals surface area contributed by atoms with Crippen molar-refractivity contribution < 1.29 is 38.7 Å². The molecule has 0 atom stereocenters. The average Bonchev–Trinajstić information content (AvgIpc) is 3.25. The second-order valence-electron chi connectivity index (χ2n) is 12.1. The van der Waals surface area contributed by atoms with E-state index in [4.69, 9.17) is 78.8 Å². The molecule has 1 radical (unpaired) electrons. The molecule has 7 N–H and O–H groups in total. The number of aliphatic carboxylic acids is 1. The summed E-state index contributed by atoms with van der Waals surface area (Å²) in [6.45, 7) is 3.84. The van der Waals surface area contributed by atoms with Crippen LogP contribution in [0.15, 0.2) is 36.4 Å². The van der Waals surface area contributed by atoms with Crippen molar-refractivity contribution in [2.24, 2.45) is 0 Å². The van der Waals surface area contributed by atoms with Crippen molar-refractivity contribution in [3.8, 4) is 22.5 Å². The standard InChI is InChI=1S/C18H24Cl2N6O3.C13H16Cl2N6.C5H10O4.BH2O/c1-25(14(27)11-29-10-9-28-3)7-8-26(2)18-22-17(21)16(23-24-18)12-5-4-6-13(19)15(12)20;1-17-6-7-21(2)13-18-12(16)11(19-20-13)8-4-3-5-9(14)10(8)15;1-8-2-3-9-4-5(6)7;1-2/h4-6H,7-11H2,1-3H3,(H2,21,22,24);3-5,17H,6-7H2,1-2H3,(H2,16,18,20);2-4H2,1H3,(H,6,7);1-2H/i;;;1T. The summed E-state index contributed by atoms with van der Waals surface area (Å²) in [5.41, 5.74) is 14.0. The third kappa shape index (κ3) is 19.5. The molecule has 0 aliphatic heterocycles. The topological polar surface area (TPSA) is 263 Å². The number of nitrogens with two attached hydrogens (primary N) is 2. The lowest BCUT2D eigenvalue weighted by Crippen LogP contribution is -2.37. The van der Waals surface area contributed by atoms with E-state index in [1.807, 2.05) is 19.0 Å². The number of benzene rings is 2. The summed E-state index contributed by atoms with van der Waals surface area (Å²) >= 11 is 24.4. The molecule has 2 aromatic carbocycles. The van der Waals surface area contributed by atoms with Gasteiger partial charge in [-0.15, -0.1) is 20.4 Å². The number of nitrogens with one attached hydrogen (secondary N) is 1. The molecule has 4 rings (SSSR count). The highest BCUT2D eigenvalue weighted by atomic mass is 35.5. The number of carbonyl (C=O) groups is 2. The summed E-state index contributed by atoms with van der Waals surface area (Å²) in [6, 6.07) is 10.4. The number of hydrogen-bond acceptors (Lipinski definition) is 18. The lowest BCUT2D eigenvalue weighted by atomic mass is 10.1. The number of anilines is 4. The van der Waals surface area contributed by atoms with E-state index in [0.29, 0.717) is 94.0 Å². The van der Waals surface area contributed by atoms with Gasteiger partial charge in [-0.1, -0.05) is 70.7 Å². The van der Waals surface area contributed by atoms with E-state index in [2.05, 4.69) is 45.2 Å². The quantitative estimate of drug-likeness (QED) is 0.0630. The summed E-state index contributed by atoms with van der Waals surface area (Å²) in [6.07, 6.45) is 0. The van der Waals surface area contributed by atoms with Crippen molar-refractivity contribution in [3.05, 3.63) is 56.5 Å². The van der Waals surface area contributed by atoms with Crippen molar-refractivity contribution >= 4 is 89.8 Å². The molecular formula is C36H52BCl4N12O8. The largest absolute Gasteiger partial charge is 0.480 e. The van der Waals surface area contributed by atoms with Gasteiger partial charge in [-0.2, -0.15) is 9.97 Å². The number of hydrogen-bond donors (Lipinski definition) is 5. The van der Waals surface area contributed by atoms with Gasteiger partial charge in [0, 0.05) is 74.0 Å². The first kappa shape index (κ1) is 52.7. The third-order valence-corrected chi connectivity index (χ3v) is 9.35. The summed E-state index contributed by atoms with van der Waals surface area (Å²) in [4.78, 5) is 35.6. The molecule has 20 nitrogen and oxygen atoms in total. The smallest absolute Gasteiger partial charge is 0.329 e. The molecule has 0 aliphatic rings. The SMILES string of the molecule is CNCCN(C)c1nnc(-c2cccc(Cl)c2Cl)c(N)n1.COCCOCC(=O)N(C)CCN(C)c1nnc(-c2cccc(Cl)c2Cl)c(N)n1.COCCOCC(=O)O.[3H][B]O. The highest BCUT2D eigenvalue weighted by molar-refractivity contribution is 6.44. The van der Waals surface area contributed by atoms with Gasteiger partial charge in [-0.25, -0.2) is 4.79 Å². The summed E-state index contributed by atoms with van der Waals surface area (Å²) in [5.74, 6) is 0.166. The molecule has 0 spiro atoms. The fourth-order valence-corrected chi connectivity index (χ4v) is 5.14. The van der Waals surface area contributed by atoms with Gasteiger partial charge in [-0.3, -0.25) is 4.79 Å². The summed E-state index contributed by atoms with van der Waals surface area (Å²) in [5, 5.41) is 36.3. The van der Waals surface area contributed by atoms with Crippen LogP contribution >= 0.6 is 46.4 Å². The number of halogens is 4. The van der Waals surface area contributed by atoms with E-state index in [0.717, 1.165) is 13.1 Å². The lowest BCUT2D eigenvalue weighted by Gasteiger charge is -2.22. The third-order valence-electron chi connectivity index (χ3n) is 7.71. The van der Waals surface area contributed by atoms with Crippen molar-refractivity contribution in [2.75, 3.05) is 129 Å². The van der Waals surface area contributed by atoms with Gasteiger partial charge >= 0.3 is 5.97 Å². The summed E-state index contributed by atoms with van der Waals surface area (Å²) in [7, 11) is 10.6. The minimum Gasteiger partial charge on any atom is -0.480 e. The number of carbonyl (C=O) groups excluding carboxylic acids is 1. The molecule has 61 heavy (non-hydrogen) atoms. The number of carboxylic acids is 1. The van der Waals surface area contributed by atoms with Crippen LogP contribution in [0.1, 0.15) is 0 Å². The predicted octanol–water partition coefficient (Wildman–Crippen LogP) is 2.60. The van der Waals surface area contributed by atoms with Crippen molar-refractivity contribution in [1.29, 1.82) is 1.34 Å². The molecule has 4 aromatic rings. The fraction of sp³-hybridized carbons (Fsp3) is 0.444. The number of nitrogen functional groups attached to an aromatic ring is 2. The Morgan fingerprint density at radius 3 is 1.61 bits per heavy atom. The van der Waals surface area contributed by atoms with Crippen LogP contribution in [-0.4, -0.2) is 175 Å². The monoisotopic (exact) mass is 933 g/mol. The van der Waals surface area contributed by atoms with Gasteiger partial charge in [-0.05, 0) is 19.2 Å². The zero-order valence-electron chi connectivity index (χ0n) is 35.6. The molecule has 25 heteroatoms. The normalized spacial score (nSPS) is 10.4. The van der Waals surface area contributed by atoms with Gasteiger partial charge in [0.15, 0.2) is 11.6 Å². The van der Waals surface area contributed by atoms with Crippen molar-refractivity contribution in [2.45, 2.75) is 0 Å². The maximum absolute atomic E-state index is 12.0. The number of nitrogens with zero attached hydrogens (tertiary/aromatic N) is 9. The Hall–Kier alpha value is -4.42. The van der Waals surface area contributed by atoms with Crippen molar-refractivity contribution in [1.82, 2.24) is 40.6 Å². The average molecular weight is 936 g/mol. The first-order chi connectivity index (χ1) is 29.6. The number of methoxy groups -OCH3 is 2. The first-order valence-corrected chi connectivity index (χ1v) is 19.5. The number of likely N-dealkylation sites (N-methyl/N-ethyl adjacent to an activating group) is 4. The lowest BCUT2D eigenvalue weighted by molar-refractivity contribution is -0.142. The van der Waals surface area contributed by atoms with E-state index < -0.39 is 5.97 Å². The maximum Gasteiger partial charge on any atom is 0.329 e. The molecule has 0 saturated heterocycles. The highest BCUT2D eigenvalue weighted by Crippen LogP contribution is 2.35. The highest BCUT2D eigenvalue weighted by Gasteiger charge is 2.18. The van der Waals surface area contributed by atoms with Crippen LogP contribution in [0.4, 0.5) is 23.5 Å². The van der Waals surface area contributed by atoms with Crippen LogP contribution in [-0.2, 0) is 28.5 Å². The van der Waals surface area contributed by atoms with Gasteiger partial charge in [0.25, 0.3) is 8.01 Å². The number of aromatic nitrogens is 6. The molecule has 0 bridgehead atoms. The molecule has 1 amide bonds. The minimum atomic E-state index is -0.953.